The van der Waals surface area contributed by atoms with Gasteiger partial charge in [-0.05, 0) is 49.4 Å². The number of esters is 1. The number of benzene rings is 2. The average Bonchev–Trinajstić information content (AvgIpc) is 3.11. The molecule has 2 aromatic carbocycles. The topological polar surface area (TPSA) is 67.1 Å². The van der Waals surface area contributed by atoms with Crippen molar-refractivity contribution < 1.29 is 27.9 Å². The first-order chi connectivity index (χ1) is 13.1. The molecule has 0 aliphatic carbocycles. The molecule has 6 nitrogen and oxygen atoms in total. The van der Waals surface area contributed by atoms with Crippen LogP contribution in [0, 0.1) is 0 Å². The van der Waals surface area contributed by atoms with Crippen LogP contribution in [0.1, 0.15) is 23.0 Å². The maximum Gasteiger partial charge on any atom is 0.338 e. The molecular weight excluding hydrogens is 436 g/mol. The van der Waals surface area contributed by atoms with Gasteiger partial charge in [0.2, 0.25) is 0 Å². The van der Waals surface area contributed by atoms with E-state index in [2.05, 4.69) is 20.8 Å². The number of alkyl halides is 1. The maximum atomic E-state index is 12.2. The molecule has 0 atom stereocenters. The van der Waals surface area contributed by atoms with E-state index in [1.807, 2.05) is 18.2 Å². The minimum atomic E-state index is -0.426. The Morgan fingerprint density at radius 1 is 1.19 bits per heavy atom. The van der Waals surface area contributed by atoms with Gasteiger partial charge in [-0.2, -0.15) is 4.33 Å². The minimum Gasteiger partial charge on any atom is -0.462 e. The summed E-state index contributed by atoms with van der Waals surface area (Å²) < 4.78 is 21.7. The number of halogens is 1. The molecule has 3 rings (SSSR count). The number of rotatable bonds is 8. The predicted octanol–water partition coefficient (Wildman–Crippen LogP) is 5.88. The molecule has 0 saturated heterocycles. The molecule has 8 heteroatoms. The molecule has 142 valence electrons. The van der Waals surface area contributed by atoms with Gasteiger partial charge in [-0.3, -0.25) is 0 Å². The van der Waals surface area contributed by atoms with E-state index < -0.39 is 5.97 Å². The normalized spacial score (nSPS) is 10.9. The van der Waals surface area contributed by atoms with Crippen LogP contribution in [-0.2, 0) is 19.3 Å². The van der Waals surface area contributed by atoms with E-state index in [0.717, 1.165) is 28.1 Å². The van der Waals surface area contributed by atoms with E-state index in [9.17, 15) is 4.79 Å². The van der Waals surface area contributed by atoms with Crippen molar-refractivity contribution in [2.24, 2.45) is 0 Å². The van der Waals surface area contributed by atoms with Gasteiger partial charge in [-0.15, -0.1) is 0 Å². The Hall–Kier alpha value is -2.00. The molecule has 3 aromatic rings. The van der Waals surface area contributed by atoms with Gasteiger partial charge in [0.25, 0.3) is 0 Å². The molecule has 0 aliphatic rings. The Morgan fingerprint density at radius 3 is 2.63 bits per heavy atom. The standard InChI is InChI=1S/C19H17BrO6S/c1-3-23-19(21)12-8-17(16-10-14(11-20)25-18(16)9-12)24-13-4-6-15(7-5-13)27-26-22-2/h4-10H,3,11H2,1-2H3. The molecule has 0 spiro atoms. The van der Waals surface area contributed by atoms with E-state index in [4.69, 9.17) is 18.2 Å². The van der Waals surface area contributed by atoms with Crippen molar-refractivity contribution >= 4 is 44.9 Å². The molecule has 1 heterocycles. The summed E-state index contributed by atoms with van der Waals surface area (Å²) >= 11 is 4.47. The van der Waals surface area contributed by atoms with Crippen LogP contribution in [0.5, 0.6) is 11.5 Å². The van der Waals surface area contributed by atoms with Gasteiger partial charge < -0.3 is 13.9 Å². The van der Waals surface area contributed by atoms with E-state index in [0.29, 0.717) is 34.6 Å². The Balaban J connectivity index is 1.93. The van der Waals surface area contributed by atoms with Gasteiger partial charge in [0.1, 0.15) is 22.8 Å². The summed E-state index contributed by atoms with van der Waals surface area (Å²) in [5.41, 5.74) is 0.932. The van der Waals surface area contributed by atoms with Crippen molar-refractivity contribution in [3.8, 4) is 11.5 Å². The summed E-state index contributed by atoms with van der Waals surface area (Å²) in [5.74, 6) is 1.43. The quantitative estimate of drug-likeness (QED) is 0.139. The van der Waals surface area contributed by atoms with Crippen LogP contribution in [0.15, 0.2) is 51.8 Å². The monoisotopic (exact) mass is 452 g/mol. The highest BCUT2D eigenvalue weighted by Gasteiger charge is 2.16. The average molecular weight is 453 g/mol. The lowest BCUT2D eigenvalue weighted by molar-refractivity contribution is -0.160. The second kappa shape index (κ2) is 9.27. The second-order valence-corrected chi connectivity index (χ2v) is 6.68. The molecule has 0 saturated carbocycles. The van der Waals surface area contributed by atoms with Gasteiger partial charge in [-0.1, -0.05) is 15.9 Å². The number of carbonyl (C=O) groups is 1. The van der Waals surface area contributed by atoms with Crippen molar-refractivity contribution in [1.29, 1.82) is 0 Å². The summed E-state index contributed by atoms with van der Waals surface area (Å²) in [4.78, 5) is 17.6. The van der Waals surface area contributed by atoms with Gasteiger partial charge in [0.05, 0.1) is 42.0 Å². The van der Waals surface area contributed by atoms with Crippen molar-refractivity contribution in [2.45, 2.75) is 17.1 Å². The van der Waals surface area contributed by atoms with Gasteiger partial charge >= 0.3 is 5.97 Å². The summed E-state index contributed by atoms with van der Waals surface area (Å²) in [6.45, 7) is 2.05. The Kier molecular flexibility index (Phi) is 6.78. The van der Waals surface area contributed by atoms with E-state index in [1.54, 1.807) is 31.2 Å². The summed E-state index contributed by atoms with van der Waals surface area (Å²) in [6, 6.07) is 12.5. The summed E-state index contributed by atoms with van der Waals surface area (Å²) in [6.07, 6.45) is 0. The number of hydrogen-bond donors (Lipinski definition) is 0. The highest BCUT2D eigenvalue weighted by atomic mass is 79.9. The van der Waals surface area contributed by atoms with Gasteiger partial charge in [0.15, 0.2) is 0 Å². The predicted molar refractivity (Wildman–Crippen MR) is 105 cm³/mol. The van der Waals surface area contributed by atoms with E-state index >= 15 is 0 Å². The van der Waals surface area contributed by atoms with E-state index in [-0.39, 0.29) is 0 Å². The van der Waals surface area contributed by atoms with Crippen LogP contribution in [0.4, 0.5) is 0 Å². The van der Waals surface area contributed by atoms with Gasteiger partial charge in [0, 0.05) is 4.90 Å². The second-order valence-electron chi connectivity index (χ2n) is 5.34. The first-order valence-corrected chi connectivity index (χ1v) is 9.95. The van der Waals surface area contributed by atoms with Crippen LogP contribution in [0.3, 0.4) is 0 Å². The molecule has 27 heavy (non-hydrogen) atoms. The number of carbonyl (C=O) groups excluding carboxylic acids is 1. The lowest BCUT2D eigenvalue weighted by Crippen LogP contribution is -2.04. The van der Waals surface area contributed by atoms with Crippen molar-refractivity contribution in [1.82, 2.24) is 0 Å². The molecule has 0 radical (unpaired) electrons. The fourth-order valence-electron chi connectivity index (χ4n) is 2.41. The number of fused-ring (bicyclic) bond motifs is 1. The zero-order chi connectivity index (χ0) is 19.2. The lowest BCUT2D eigenvalue weighted by atomic mass is 10.1. The number of hydrogen-bond acceptors (Lipinski definition) is 7. The molecule has 0 N–H and O–H groups in total. The Labute approximate surface area is 169 Å². The van der Waals surface area contributed by atoms with Gasteiger partial charge in [-0.25, -0.2) is 9.68 Å². The first kappa shape index (κ1) is 19.8. The Morgan fingerprint density at radius 2 is 1.96 bits per heavy atom. The highest BCUT2D eigenvalue weighted by molar-refractivity contribution is 9.08. The van der Waals surface area contributed by atoms with Crippen LogP contribution < -0.4 is 4.74 Å². The molecule has 0 amide bonds. The molecule has 0 fully saturated rings. The maximum absolute atomic E-state index is 12.2. The molecule has 0 unspecified atom stereocenters. The third-order valence-corrected chi connectivity index (χ3v) is 4.76. The largest absolute Gasteiger partial charge is 0.462 e. The SMILES string of the molecule is CCOC(=O)c1cc(Oc2ccc(SOOC)cc2)c2cc(CBr)oc2c1. The van der Waals surface area contributed by atoms with Crippen molar-refractivity contribution in [3.63, 3.8) is 0 Å². The lowest BCUT2D eigenvalue weighted by Gasteiger charge is -2.09. The van der Waals surface area contributed by atoms with Crippen molar-refractivity contribution in [2.75, 3.05) is 13.7 Å². The minimum absolute atomic E-state index is 0.292. The molecule has 1 aromatic heterocycles. The fraction of sp³-hybridized carbons (Fsp3) is 0.211. The van der Waals surface area contributed by atoms with Crippen LogP contribution in [0.2, 0.25) is 0 Å². The van der Waals surface area contributed by atoms with E-state index in [1.165, 1.54) is 7.11 Å². The third kappa shape index (κ3) is 4.84. The first-order valence-electron chi connectivity index (χ1n) is 8.09. The highest BCUT2D eigenvalue weighted by Crippen LogP contribution is 2.35. The number of furan rings is 1. The zero-order valence-electron chi connectivity index (χ0n) is 14.7. The van der Waals surface area contributed by atoms with Crippen molar-refractivity contribution in [3.05, 3.63) is 53.8 Å². The molecule has 0 bridgehead atoms. The van der Waals surface area contributed by atoms with Crippen LogP contribution in [0.25, 0.3) is 11.0 Å². The summed E-state index contributed by atoms with van der Waals surface area (Å²) in [5, 5.41) is 1.33. The fourth-order valence-corrected chi connectivity index (χ4v) is 3.08. The summed E-state index contributed by atoms with van der Waals surface area (Å²) in [7, 11) is 1.44. The Bertz CT molecular complexity index is 922. The van der Waals surface area contributed by atoms with Crippen LogP contribution >= 0.6 is 28.0 Å². The van der Waals surface area contributed by atoms with Crippen LogP contribution in [-0.4, -0.2) is 19.7 Å². The smallest absolute Gasteiger partial charge is 0.338 e. The number of ether oxygens (including phenoxy) is 2. The molecular formula is C19H17BrO6S. The third-order valence-electron chi connectivity index (χ3n) is 3.54. The zero-order valence-corrected chi connectivity index (χ0v) is 17.1. The molecule has 0 aliphatic heterocycles.